The van der Waals surface area contributed by atoms with Crippen molar-refractivity contribution in [2.75, 3.05) is 26.2 Å². The molecule has 2 heterocycles. The lowest BCUT2D eigenvalue weighted by Crippen LogP contribution is -2.31. The van der Waals surface area contributed by atoms with Crippen molar-refractivity contribution in [3.8, 4) is 0 Å². The maximum Gasteiger partial charge on any atom is 0.252 e. The third-order valence-electron chi connectivity index (χ3n) is 3.56. The number of unbranched alkanes of at least 4 members (excludes halogenated alkanes) is 1. The maximum atomic E-state index is 11.7. The van der Waals surface area contributed by atoms with Crippen molar-refractivity contribution in [3.05, 3.63) is 30.1 Å². The number of likely N-dealkylation sites (tertiary alicyclic amines) is 1. The van der Waals surface area contributed by atoms with Crippen molar-refractivity contribution in [2.45, 2.75) is 32.1 Å². The zero-order valence-electron chi connectivity index (χ0n) is 11.5. The highest BCUT2D eigenvalue weighted by atomic mass is 16.1. The van der Waals surface area contributed by atoms with Crippen LogP contribution in [-0.4, -0.2) is 42.0 Å². The molecule has 1 N–H and O–H groups in total. The molecule has 19 heavy (non-hydrogen) atoms. The number of rotatable bonds is 6. The van der Waals surface area contributed by atoms with E-state index in [2.05, 4.69) is 15.2 Å². The van der Waals surface area contributed by atoms with Gasteiger partial charge in [-0.2, -0.15) is 0 Å². The fourth-order valence-corrected chi connectivity index (χ4v) is 2.44. The van der Waals surface area contributed by atoms with Crippen LogP contribution in [0, 0.1) is 0 Å². The zero-order valence-corrected chi connectivity index (χ0v) is 11.5. The molecule has 1 aromatic rings. The minimum absolute atomic E-state index is 0.0222. The molecule has 1 fully saturated rings. The minimum atomic E-state index is -0.0222. The molecule has 0 saturated carbocycles. The third-order valence-corrected chi connectivity index (χ3v) is 3.56. The van der Waals surface area contributed by atoms with Crippen molar-refractivity contribution in [2.24, 2.45) is 0 Å². The van der Waals surface area contributed by atoms with Gasteiger partial charge >= 0.3 is 0 Å². The number of carbonyl (C=O) groups excluding carboxylic acids is 1. The Bertz CT molecular complexity index is 374. The Morgan fingerprint density at radius 1 is 1.26 bits per heavy atom. The van der Waals surface area contributed by atoms with Crippen molar-refractivity contribution < 1.29 is 4.79 Å². The number of piperidine rings is 1. The molecule has 104 valence electrons. The van der Waals surface area contributed by atoms with Crippen LogP contribution in [0.4, 0.5) is 0 Å². The third kappa shape index (κ3) is 4.99. The summed E-state index contributed by atoms with van der Waals surface area (Å²) >= 11 is 0. The summed E-state index contributed by atoms with van der Waals surface area (Å²) in [6, 6.07) is 3.57. The lowest BCUT2D eigenvalue weighted by Gasteiger charge is -2.26. The van der Waals surface area contributed by atoms with Gasteiger partial charge in [-0.25, -0.2) is 0 Å². The number of nitrogens with zero attached hydrogens (tertiary/aromatic N) is 2. The number of carbonyl (C=O) groups is 1. The number of hydrogen-bond acceptors (Lipinski definition) is 3. The lowest BCUT2D eigenvalue weighted by atomic mass is 10.1. The predicted octanol–water partition coefficient (Wildman–Crippen LogP) is 2.08. The van der Waals surface area contributed by atoms with Crippen LogP contribution in [0.2, 0.25) is 0 Å². The normalized spacial score (nSPS) is 16.2. The van der Waals surface area contributed by atoms with Crippen LogP contribution in [0.15, 0.2) is 24.5 Å². The van der Waals surface area contributed by atoms with Gasteiger partial charge < -0.3 is 10.2 Å². The summed E-state index contributed by atoms with van der Waals surface area (Å²) in [6.07, 6.45) is 9.56. The van der Waals surface area contributed by atoms with Gasteiger partial charge in [-0.3, -0.25) is 9.78 Å². The quantitative estimate of drug-likeness (QED) is 0.797. The van der Waals surface area contributed by atoms with Crippen LogP contribution in [0.25, 0.3) is 0 Å². The Labute approximate surface area is 115 Å². The fraction of sp³-hybridized carbons (Fsp3) is 0.600. The van der Waals surface area contributed by atoms with Crippen molar-refractivity contribution in [3.63, 3.8) is 0 Å². The molecule has 4 heteroatoms. The summed E-state index contributed by atoms with van der Waals surface area (Å²) in [5.41, 5.74) is 0.638. The summed E-state index contributed by atoms with van der Waals surface area (Å²) in [4.78, 5) is 18.2. The van der Waals surface area contributed by atoms with Crippen LogP contribution in [-0.2, 0) is 0 Å². The molecule has 0 atom stereocenters. The first-order chi connectivity index (χ1) is 9.36. The summed E-state index contributed by atoms with van der Waals surface area (Å²) < 4.78 is 0. The van der Waals surface area contributed by atoms with Gasteiger partial charge in [-0.15, -0.1) is 0 Å². The van der Waals surface area contributed by atoms with E-state index in [0.717, 1.165) is 19.4 Å². The van der Waals surface area contributed by atoms with E-state index in [1.54, 1.807) is 24.5 Å². The van der Waals surface area contributed by atoms with Gasteiger partial charge in [0, 0.05) is 18.9 Å². The standard InChI is InChI=1S/C15H23N3O/c19-15(14-7-6-8-16-13-14)17-9-2-5-12-18-10-3-1-4-11-18/h6-8,13H,1-5,9-12H2,(H,17,19). The van der Waals surface area contributed by atoms with Gasteiger partial charge in [0.05, 0.1) is 5.56 Å². The highest BCUT2D eigenvalue weighted by molar-refractivity contribution is 5.93. The summed E-state index contributed by atoms with van der Waals surface area (Å²) in [5, 5.41) is 2.94. The van der Waals surface area contributed by atoms with Crippen molar-refractivity contribution in [1.29, 1.82) is 0 Å². The number of aromatic nitrogens is 1. The maximum absolute atomic E-state index is 11.7. The Kier molecular flexibility index (Phi) is 5.82. The zero-order chi connectivity index (χ0) is 13.3. The molecule has 0 unspecified atom stereocenters. The molecule has 1 aromatic heterocycles. The van der Waals surface area contributed by atoms with Crippen LogP contribution >= 0.6 is 0 Å². The Morgan fingerprint density at radius 2 is 2.11 bits per heavy atom. The number of hydrogen-bond donors (Lipinski definition) is 1. The smallest absolute Gasteiger partial charge is 0.252 e. The molecule has 4 nitrogen and oxygen atoms in total. The van der Waals surface area contributed by atoms with E-state index >= 15 is 0 Å². The monoisotopic (exact) mass is 261 g/mol. The van der Waals surface area contributed by atoms with E-state index in [1.165, 1.54) is 38.9 Å². The molecule has 0 aromatic carbocycles. The topological polar surface area (TPSA) is 45.2 Å². The highest BCUT2D eigenvalue weighted by Gasteiger charge is 2.09. The fourth-order valence-electron chi connectivity index (χ4n) is 2.44. The average Bonchev–Trinajstić information content (AvgIpc) is 2.49. The van der Waals surface area contributed by atoms with Gasteiger partial charge in [-0.05, 0) is 57.5 Å². The van der Waals surface area contributed by atoms with E-state index < -0.39 is 0 Å². The van der Waals surface area contributed by atoms with E-state index in [0.29, 0.717) is 5.56 Å². The molecule has 0 radical (unpaired) electrons. The van der Waals surface area contributed by atoms with Gasteiger partial charge in [0.2, 0.25) is 0 Å². The minimum Gasteiger partial charge on any atom is -0.352 e. The first-order valence-electron chi connectivity index (χ1n) is 7.27. The second-order valence-electron chi connectivity index (χ2n) is 5.11. The molecular weight excluding hydrogens is 238 g/mol. The van der Waals surface area contributed by atoms with Gasteiger partial charge in [0.25, 0.3) is 5.91 Å². The Hall–Kier alpha value is -1.42. The Morgan fingerprint density at radius 3 is 2.84 bits per heavy atom. The number of pyridine rings is 1. The molecule has 1 saturated heterocycles. The van der Waals surface area contributed by atoms with E-state index in [4.69, 9.17) is 0 Å². The predicted molar refractivity (Wildman–Crippen MR) is 76.1 cm³/mol. The van der Waals surface area contributed by atoms with Gasteiger partial charge in [-0.1, -0.05) is 6.42 Å². The van der Waals surface area contributed by atoms with Crippen LogP contribution in [0.5, 0.6) is 0 Å². The van der Waals surface area contributed by atoms with E-state index in [-0.39, 0.29) is 5.91 Å². The molecule has 1 amide bonds. The van der Waals surface area contributed by atoms with Gasteiger partial charge in [0.15, 0.2) is 0 Å². The van der Waals surface area contributed by atoms with Crippen LogP contribution in [0.1, 0.15) is 42.5 Å². The van der Waals surface area contributed by atoms with Crippen molar-refractivity contribution >= 4 is 5.91 Å². The number of amides is 1. The average molecular weight is 261 g/mol. The number of nitrogens with one attached hydrogen (secondary N) is 1. The van der Waals surface area contributed by atoms with Gasteiger partial charge in [0.1, 0.15) is 0 Å². The molecule has 0 bridgehead atoms. The van der Waals surface area contributed by atoms with E-state index in [9.17, 15) is 4.79 Å². The second-order valence-corrected chi connectivity index (χ2v) is 5.11. The second kappa shape index (κ2) is 7.89. The summed E-state index contributed by atoms with van der Waals surface area (Å²) in [6.45, 7) is 4.43. The SMILES string of the molecule is O=C(NCCCCN1CCCCC1)c1cccnc1. The van der Waals surface area contributed by atoms with Crippen LogP contribution < -0.4 is 5.32 Å². The molecule has 2 rings (SSSR count). The Balaban J connectivity index is 1.55. The van der Waals surface area contributed by atoms with E-state index in [1.807, 2.05) is 0 Å². The van der Waals surface area contributed by atoms with Crippen LogP contribution in [0.3, 0.4) is 0 Å². The first kappa shape index (κ1) is 14.0. The summed E-state index contributed by atoms with van der Waals surface area (Å²) in [7, 11) is 0. The highest BCUT2D eigenvalue weighted by Crippen LogP contribution is 2.09. The largest absolute Gasteiger partial charge is 0.352 e. The molecule has 0 spiro atoms. The molecular formula is C15H23N3O. The lowest BCUT2D eigenvalue weighted by molar-refractivity contribution is 0.0952. The summed E-state index contributed by atoms with van der Waals surface area (Å²) in [5.74, 6) is -0.0222. The van der Waals surface area contributed by atoms with Crippen molar-refractivity contribution in [1.82, 2.24) is 15.2 Å². The molecule has 1 aliphatic heterocycles. The molecule has 0 aliphatic carbocycles. The first-order valence-corrected chi connectivity index (χ1v) is 7.27. The molecule has 1 aliphatic rings.